The van der Waals surface area contributed by atoms with Gasteiger partial charge in [-0.3, -0.25) is 9.59 Å². The van der Waals surface area contributed by atoms with E-state index in [1.807, 2.05) is 50.4 Å². The van der Waals surface area contributed by atoms with E-state index in [9.17, 15) is 9.59 Å². The molecule has 0 saturated carbocycles. The Bertz CT molecular complexity index is 934. The fourth-order valence-corrected chi connectivity index (χ4v) is 2.90. The molecule has 2 aromatic carbocycles. The summed E-state index contributed by atoms with van der Waals surface area (Å²) in [5, 5.41) is 6.83. The van der Waals surface area contributed by atoms with Crippen LogP contribution in [-0.4, -0.2) is 38.5 Å². The fraction of sp³-hybridized carbons (Fsp3) is 0.238. The largest absolute Gasteiger partial charge is 0.339 e. The molecule has 3 aromatic rings. The average molecular weight is 377 g/mol. The van der Waals surface area contributed by atoms with Crippen LogP contribution in [0.5, 0.6) is 0 Å². The summed E-state index contributed by atoms with van der Waals surface area (Å²) < 4.78 is 1.69. The minimum absolute atomic E-state index is 0.0279. The molecule has 0 aliphatic carbocycles. The van der Waals surface area contributed by atoms with Crippen molar-refractivity contribution in [3.8, 4) is 5.69 Å². The number of nitrogens with one attached hydrogen (secondary N) is 1. The molecule has 1 N–H and O–H groups in total. The van der Waals surface area contributed by atoms with Gasteiger partial charge in [-0.2, -0.15) is 5.10 Å². The third-order valence-electron chi connectivity index (χ3n) is 4.66. The molecule has 144 valence electrons. The predicted molar refractivity (Wildman–Crippen MR) is 107 cm³/mol. The van der Waals surface area contributed by atoms with Crippen LogP contribution in [0, 0.1) is 0 Å². The van der Waals surface area contributed by atoms with Crippen LogP contribution in [0.25, 0.3) is 5.69 Å². The van der Waals surface area contributed by atoms with Crippen molar-refractivity contribution < 1.29 is 9.59 Å². The van der Waals surface area contributed by atoms with Gasteiger partial charge in [-0.15, -0.1) is 0 Å². The Morgan fingerprint density at radius 2 is 1.79 bits per heavy atom. The third-order valence-corrected chi connectivity index (χ3v) is 4.66. The minimum atomic E-state index is -0.118. The first-order chi connectivity index (χ1) is 13.4. The van der Waals surface area contributed by atoms with Gasteiger partial charge in [0.05, 0.1) is 18.2 Å². The van der Waals surface area contributed by atoms with Gasteiger partial charge in [-0.05, 0) is 42.3 Å². The van der Waals surface area contributed by atoms with E-state index in [0.717, 1.165) is 22.5 Å². The zero-order chi connectivity index (χ0) is 20.1. The molecule has 0 radical (unpaired) electrons. The van der Waals surface area contributed by atoms with Crippen LogP contribution in [0.1, 0.15) is 31.0 Å². The van der Waals surface area contributed by atoms with Crippen LogP contribution in [-0.2, 0) is 16.0 Å². The first kappa shape index (κ1) is 19.3. The highest BCUT2D eigenvalue weighted by Gasteiger charge is 2.18. The number of anilines is 1. The second-order valence-electron chi connectivity index (χ2n) is 6.67. The molecule has 0 bridgehead atoms. The Morgan fingerprint density at radius 1 is 1.11 bits per heavy atom. The van der Waals surface area contributed by atoms with Gasteiger partial charge in [0.25, 0.3) is 0 Å². The van der Waals surface area contributed by atoms with Gasteiger partial charge in [-0.1, -0.05) is 24.3 Å². The van der Waals surface area contributed by atoms with Crippen molar-refractivity contribution in [1.29, 1.82) is 0 Å². The van der Waals surface area contributed by atoms with Gasteiger partial charge in [0, 0.05) is 19.7 Å². The Kier molecular flexibility index (Phi) is 5.84. The lowest BCUT2D eigenvalue weighted by Crippen LogP contribution is -2.31. The summed E-state index contributed by atoms with van der Waals surface area (Å²) in [5.41, 5.74) is 3.58. The van der Waals surface area contributed by atoms with Gasteiger partial charge in [0.15, 0.2) is 0 Å². The number of aromatic nitrogens is 3. The summed E-state index contributed by atoms with van der Waals surface area (Å²) in [6.07, 6.45) is 3.44. The number of amides is 2. The Hall–Kier alpha value is -3.48. The van der Waals surface area contributed by atoms with E-state index in [1.54, 1.807) is 28.0 Å². The summed E-state index contributed by atoms with van der Waals surface area (Å²) in [5.74, 6) is -0.0904. The second kappa shape index (κ2) is 8.47. The molecular formula is C21H23N5O2. The maximum absolute atomic E-state index is 12.7. The van der Waals surface area contributed by atoms with Crippen molar-refractivity contribution >= 4 is 17.5 Å². The fourth-order valence-electron chi connectivity index (χ4n) is 2.90. The molecule has 7 nitrogen and oxygen atoms in total. The van der Waals surface area contributed by atoms with Crippen LogP contribution in [0.15, 0.2) is 61.2 Å². The molecule has 0 aliphatic heterocycles. The summed E-state index contributed by atoms with van der Waals surface area (Å²) in [4.78, 5) is 29.4. The van der Waals surface area contributed by atoms with E-state index in [0.29, 0.717) is 6.42 Å². The molecule has 2 amide bonds. The van der Waals surface area contributed by atoms with E-state index in [4.69, 9.17) is 0 Å². The molecule has 0 aliphatic rings. The van der Waals surface area contributed by atoms with E-state index in [1.165, 1.54) is 13.3 Å². The molecule has 28 heavy (non-hydrogen) atoms. The van der Waals surface area contributed by atoms with Gasteiger partial charge >= 0.3 is 0 Å². The van der Waals surface area contributed by atoms with Gasteiger partial charge in [-0.25, -0.2) is 9.67 Å². The summed E-state index contributed by atoms with van der Waals surface area (Å²) in [6.45, 7) is 3.47. The summed E-state index contributed by atoms with van der Waals surface area (Å²) in [6, 6.07) is 15.2. The number of nitrogens with zero attached hydrogens (tertiary/aromatic N) is 4. The van der Waals surface area contributed by atoms with Crippen molar-refractivity contribution in [3.05, 3.63) is 72.3 Å². The number of rotatable bonds is 6. The second-order valence-corrected chi connectivity index (χ2v) is 6.67. The van der Waals surface area contributed by atoms with E-state index in [2.05, 4.69) is 15.4 Å². The van der Waals surface area contributed by atoms with Crippen molar-refractivity contribution in [1.82, 2.24) is 19.7 Å². The highest BCUT2D eigenvalue weighted by atomic mass is 16.2. The zero-order valence-corrected chi connectivity index (χ0v) is 16.2. The SMILES string of the molecule is CC(=O)Nc1ccc(CC(=O)N(C)[C@@H](C)c2ccc(-n3cncn3)cc2)cc1. The normalized spacial score (nSPS) is 11.7. The number of hydrogen-bond donors (Lipinski definition) is 1. The van der Waals surface area contributed by atoms with Gasteiger partial charge in [0.2, 0.25) is 11.8 Å². The van der Waals surface area contributed by atoms with E-state index >= 15 is 0 Å². The van der Waals surface area contributed by atoms with Gasteiger partial charge in [0.1, 0.15) is 12.7 Å². The minimum Gasteiger partial charge on any atom is -0.339 e. The number of benzene rings is 2. The molecule has 1 aromatic heterocycles. The highest BCUT2D eigenvalue weighted by Crippen LogP contribution is 2.21. The van der Waals surface area contributed by atoms with Crippen molar-refractivity contribution in [3.63, 3.8) is 0 Å². The maximum atomic E-state index is 12.7. The number of carbonyl (C=O) groups is 2. The molecule has 0 fully saturated rings. The lowest BCUT2D eigenvalue weighted by molar-refractivity contribution is -0.131. The highest BCUT2D eigenvalue weighted by molar-refractivity contribution is 5.88. The molecule has 1 heterocycles. The average Bonchev–Trinajstić information content (AvgIpc) is 3.23. The van der Waals surface area contributed by atoms with Crippen molar-refractivity contribution in [2.45, 2.75) is 26.3 Å². The van der Waals surface area contributed by atoms with Crippen LogP contribution >= 0.6 is 0 Å². The summed E-state index contributed by atoms with van der Waals surface area (Å²) in [7, 11) is 1.81. The maximum Gasteiger partial charge on any atom is 0.227 e. The summed E-state index contributed by atoms with van der Waals surface area (Å²) >= 11 is 0. The molecule has 0 saturated heterocycles. The van der Waals surface area contributed by atoms with Crippen LogP contribution in [0.4, 0.5) is 5.69 Å². The molecular weight excluding hydrogens is 354 g/mol. The molecule has 7 heteroatoms. The quantitative estimate of drug-likeness (QED) is 0.716. The number of hydrogen-bond acceptors (Lipinski definition) is 4. The van der Waals surface area contributed by atoms with Crippen molar-refractivity contribution in [2.75, 3.05) is 12.4 Å². The lowest BCUT2D eigenvalue weighted by atomic mass is 10.1. The molecule has 1 atom stereocenters. The lowest BCUT2D eigenvalue weighted by Gasteiger charge is -2.25. The predicted octanol–water partition coefficient (Wildman–Crippen LogP) is 2.99. The Morgan fingerprint density at radius 3 is 2.36 bits per heavy atom. The first-order valence-electron chi connectivity index (χ1n) is 9.01. The van der Waals surface area contributed by atoms with Crippen LogP contribution < -0.4 is 5.32 Å². The van der Waals surface area contributed by atoms with Crippen LogP contribution in [0.3, 0.4) is 0 Å². The van der Waals surface area contributed by atoms with E-state index in [-0.39, 0.29) is 17.9 Å². The Balaban J connectivity index is 1.63. The third kappa shape index (κ3) is 4.62. The molecule has 3 rings (SSSR count). The number of carbonyl (C=O) groups excluding carboxylic acids is 2. The topological polar surface area (TPSA) is 80.1 Å². The Labute approximate surface area is 164 Å². The monoisotopic (exact) mass is 377 g/mol. The van der Waals surface area contributed by atoms with Crippen LogP contribution in [0.2, 0.25) is 0 Å². The molecule has 0 spiro atoms. The number of likely N-dealkylation sites (N-methyl/N-ethyl adjacent to an activating group) is 1. The van der Waals surface area contributed by atoms with Crippen molar-refractivity contribution in [2.24, 2.45) is 0 Å². The zero-order valence-electron chi connectivity index (χ0n) is 16.2. The van der Waals surface area contributed by atoms with Gasteiger partial charge < -0.3 is 10.2 Å². The van der Waals surface area contributed by atoms with E-state index < -0.39 is 0 Å². The molecule has 0 unspecified atom stereocenters. The smallest absolute Gasteiger partial charge is 0.227 e. The standard InChI is InChI=1S/C21H23N5O2/c1-15(18-6-10-20(11-7-18)26-14-22-13-23-26)25(3)21(28)12-17-4-8-19(9-5-17)24-16(2)27/h4-11,13-15H,12H2,1-3H3,(H,24,27)/t15-/m0/s1. The first-order valence-corrected chi connectivity index (χ1v) is 9.01.